The van der Waals surface area contributed by atoms with E-state index >= 15 is 0 Å². The SMILES string of the molecule is Cc1c(O)n(CCNCC(O)COc2ccccc2C#N)c(=O)n1-c1ccccc1. The van der Waals surface area contributed by atoms with Crippen molar-refractivity contribution in [2.45, 2.75) is 19.6 Å². The maximum atomic E-state index is 12.7. The van der Waals surface area contributed by atoms with Gasteiger partial charge in [-0.25, -0.2) is 4.79 Å². The zero-order valence-corrected chi connectivity index (χ0v) is 16.7. The molecule has 8 heteroatoms. The predicted octanol–water partition coefficient (Wildman–Crippen LogP) is 1.55. The van der Waals surface area contributed by atoms with Crippen LogP contribution < -0.4 is 15.7 Å². The number of aliphatic hydroxyl groups is 1. The van der Waals surface area contributed by atoms with Crippen LogP contribution in [0, 0.1) is 18.3 Å². The molecule has 3 N–H and O–H groups in total. The first-order valence-corrected chi connectivity index (χ1v) is 9.60. The molecule has 0 aliphatic carbocycles. The van der Waals surface area contributed by atoms with E-state index in [9.17, 15) is 15.0 Å². The summed E-state index contributed by atoms with van der Waals surface area (Å²) in [4.78, 5) is 12.7. The molecule has 0 fully saturated rings. The number of para-hydroxylation sites is 2. The second-order valence-electron chi connectivity index (χ2n) is 6.79. The number of benzene rings is 2. The molecule has 3 rings (SSSR count). The van der Waals surface area contributed by atoms with Gasteiger partial charge in [0.05, 0.1) is 16.9 Å². The number of imidazole rings is 1. The van der Waals surface area contributed by atoms with Crippen LogP contribution in [0.2, 0.25) is 0 Å². The van der Waals surface area contributed by atoms with E-state index in [0.717, 1.165) is 0 Å². The summed E-state index contributed by atoms with van der Waals surface area (Å²) in [5.41, 5.74) is 1.24. The summed E-state index contributed by atoms with van der Waals surface area (Å²) in [6, 6.07) is 18.0. The average molecular weight is 408 g/mol. The molecule has 0 aliphatic heterocycles. The third kappa shape index (κ3) is 4.71. The van der Waals surface area contributed by atoms with Crippen LogP contribution >= 0.6 is 0 Å². The van der Waals surface area contributed by atoms with Crippen LogP contribution in [0.25, 0.3) is 5.69 Å². The number of nitriles is 1. The molecule has 0 amide bonds. The predicted molar refractivity (Wildman–Crippen MR) is 112 cm³/mol. The van der Waals surface area contributed by atoms with E-state index in [1.807, 2.05) is 24.3 Å². The molecule has 1 atom stereocenters. The van der Waals surface area contributed by atoms with Crippen molar-refractivity contribution >= 4 is 0 Å². The molecular formula is C22H24N4O4. The molecular weight excluding hydrogens is 384 g/mol. The van der Waals surface area contributed by atoms with E-state index < -0.39 is 6.10 Å². The van der Waals surface area contributed by atoms with Crippen LogP contribution in [0.15, 0.2) is 59.4 Å². The topological polar surface area (TPSA) is 112 Å². The van der Waals surface area contributed by atoms with Crippen LogP contribution in [0.3, 0.4) is 0 Å². The van der Waals surface area contributed by atoms with Gasteiger partial charge in [0.15, 0.2) is 0 Å². The minimum absolute atomic E-state index is 0.0282. The first kappa shape index (κ1) is 21.2. The number of hydrogen-bond acceptors (Lipinski definition) is 6. The number of ether oxygens (including phenoxy) is 1. The molecule has 0 aliphatic rings. The standard InChI is InChI=1S/C22H24N4O4/c1-16-21(28)25(22(29)26(16)18-8-3-2-4-9-18)12-11-24-14-19(27)15-30-20-10-6-5-7-17(20)13-23/h2-10,19,24,27-28H,11-12,14-15H2,1H3. The normalized spacial score (nSPS) is 11.8. The highest BCUT2D eigenvalue weighted by Crippen LogP contribution is 2.18. The second-order valence-corrected chi connectivity index (χ2v) is 6.79. The highest BCUT2D eigenvalue weighted by Gasteiger charge is 2.17. The Bertz CT molecular complexity index is 1080. The summed E-state index contributed by atoms with van der Waals surface area (Å²) < 4.78 is 8.26. The van der Waals surface area contributed by atoms with Crippen LogP contribution in [-0.2, 0) is 6.54 Å². The summed E-state index contributed by atoms with van der Waals surface area (Å²) in [5, 5.41) is 32.5. The molecule has 8 nitrogen and oxygen atoms in total. The second kappa shape index (κ2) is 9.78. The molecule has 30 heavy (non-hydrogen) atoms. The van der Waals surface area contributed by atoms with Crippen molar-refractivity contribution in [1.82, 2.24) is 14.5 Å². The maximum Gasteiger partial charge on any atom is 0.335 e. The Labute approximate surface area is 174 Å². The Kier molecular flexibility index (Phi) is 6.91. The van der Waals surface area contributed by atoms with Gasteiger partial charge in [-0.05, 0) is 31.2 Å². The van der Waals surface area contributed by atoms with Gasteiger partial charge in [0.25, 0.3) is 0 Å². The Morgan fingerprint density at radius 3 is 2.60 bits per heavy atom. The fourth-order valence-electron chi connectivity index (χ4n) is 3.12. The van der Waals surface area contributed by atoms with Crippen molar-refractivity contribution in [3.8, 4) is 23.4 Å². The van der Waals surface area contributed by atoms with Crippen LogP contribution in [0.4, 0.5) is 0 Å². The van der Waals surface area contributed by atoms with Crippen molar-refractivity contribution in [3.05, 3.63) is 76.3 Å². The molecule has 156 valence electrons. The Balaban J connectivity index is 1.52. The number of nitrogens with zero attached hydrogens (tertiary/aromatic N) is 3. The molecule has 3 aromatic rings. The minimum atomic E-state index is -0.794. The third-order valence-corrected chi connectivity index (χ3v) is 4.68. The molecule has 1 aromatic heterocycles. The number of aromatic nitrogens is 2. The van der Waals surface area contributed by atoms with Crippen molar-refractivity contribution < 1.29 is 14.9 Å². The van der Waals surface area contributed by atoms with E-state index in [-0.39, 0.29) is 31.3 Å². The largest absolute Gasteiger partial charge is 0.493 e. The van der Waals surface area contributed by atoms with E-state index in [1.165, 1.54) is 9.13 Å². The maximum absolute atomic E-state index is 12.7. The smallest absolute Gasteiger partial charge is 0.335 e. The molecule has 0 saturated heterocycles. The molecule has 1 heterocycles. The van der Waals surface area contributed by atoms with Gasteiger partial charge >= 0.3 is 5.69 Å². The summed E-state index contributed by atoms with van der Waals surface area (Å²) in [6.07, 6.45) is -0.794. The first-order valence-electron chi connectivity index (χ1n) is 9.60. The van der Waals surface area contributed by atoms with Crippen LogP contribution in [0.1, 0.15) is 11.3 Å². The lowest BCUT2D eigenvalue weighted by Gasteiger charge is -2.14. The molecule has 0 saturated carbocycles. The quantitative estimate of drug-likeness (QED) is 0.463. The monoisotopic (exact) mass is 408 g/mol. The summed E-state index contributed by atoms with van der Waals surface area (Å²) in [6.45, 7) is 2.57. The molecule has 1 unspecified atom stereocenters. The Morgan fingerprint density at radius 1 is 1.17 bits per heavy atom. The number of nitrogens with one attached hydrogen (secondary N) is 1. The number of aliphatic hydroxyl groups excluding tert-OH is 1. The number of aromatic hydroxyl groups is 1. The van der Waals surface area contributed by atoms with Crippen molar-refractivity contribution in [2.75, 3.05) is 19.7 Å². The highest BCUT2D eigenvalue weighted by atomic mass is 16.5. The molecule has 0 spiro atoms. The Morgan fingerprint density at radius 2 is 1.87 bits per heavy atom. The van der Waals surface area contributed by atoms with Gasteiger partial charge < -0.3 is 20.3 Å². The van der Waals surface area contributed by atoms with E-state index in [0.29, 0.717) is 29.2 Å². The van der Waals surface area contributed by atoms with Gasteiger partial charge in [0, 0.05) is 19.6 Å². The summed E-state index contributed by atoms with van der Waals surface area (Å²) in [5.74, 6) is 0.343. The van der Waals surface area contributed by atoms with Gasteiger partial charge in [-0.2, -0.15) is 5.26 Å². The highest BCUT2D eigenvalue weighted by molar-refractivity contribution is 5.42. The van der Waals surface area contributed by atoms with Gasteiger partial charge in [-0.3, -0.25) is 9.13 Å². The van der Waals surface area contributed by atoms with Gasteiger partial charge in [0.2, 0.25) is 5.88 Å². The molecule has 2 aromatic carbocycles. The minimum Gasteiger partial charge on any atom is -0.493 e. The van der Waals surface area contributed by atoms with Gasteiger partial charge in [-0.15, -0.1) is 0 Å². The lowest BCUT2D eigenvalue weighted by molar-refractivity contribution is 0.106. The van der Waals surface area contributed by atoms with Crippen LogP contribution in [0.5, 0.6) is 11.6 Å². The molecule has 0 bridgehead atoms. The average Bonchev–Trinajstić information content (AvgIpc) is 2.98. The zero-order valence-electron chi connectivity index (χ0n) is 16.7. The van der Waals surface area contributed by atoms with E-state index in [2.05, 4.69) is 5.32 Å². The summed E-state index contributed by atoms with van der Waals surface area (Å²) in [7, 11) is 0. The fraction of sp³-hybridized carbons (Fsp3) is 0.273. The van der Waals surface area contributed by atoms with Crippen molar-refractivity contribution in [2.24, 2.45) is 0 Å². The number of hydrogen-bond donors (Lipinski definition) is 3. The van der Waals surface area contributed by atoms with Gasteiger partial charge in [0.1, 0.15) is 24.5 Å². The molecule has 0 radical (unpaired) electrons. The summed E-state index contributed by atoms with van der Waals surface area (Å²) >= 11 is 0. The van der Waals surface area contributed by atoms with Crippen molar-refractivity contribution in [3.63, 3.8) is 0 Å². The van der Waals surface area contributed by atoms with Crippen LogP contribution in [-0.4, -0.2) is 45.1 Å². The Hall–Kier alpha value is -3.54. The lowest BCUT2D eigenvalue weighted by atomic mass is 10.2. The van der Waals surface area contributed by atoms with Crippen molar-refractivity contribution in [1.29, 1.82) is 5.26 Å². The fourth-order valence-corrected chi connectivity index (χ4v) is 3.12. The number of rotatable bonds is 9. The van der Waals surface area contributed by atoms with E-state index in [1.54, 1.807) is 43.3 Å². The van der Waals surface area contributed by atoms with Gasteiger partial charge in [-0.1, -0.05) is 30.3 Å². The lowest BCUT2D eigenvalue weighted by Crippen LogP contribution is -2.34. The van der Waals surface area contributed by atoms with E-state index in [4.69, 9.17) is 10.00 Å². The third-order valence-electron chi connectivity index (χ3n) is 4.68. The first-order chi connectivity index (χ1) is 14.5. The zero-order chi connectivity index (χ0) is 21.5.